The van der Waals surface area contributed by atoms with Gasteiger partial charge in [-0.3, -0.25) is 4.90 Å². The number of ether oxygens (including phenoxy) is 2. The van der Waals surface area contributed by atoms with Crippen molar-refractivity contribution in [2.24, 2.45) is 0 Å². The maximum atomic E-state index is 12.3. The quantitative estimate of drug-likeness (QED) is 0.594. The number of hydrogen-bond acceptors (Lipinski definition) is 6. The summed E-state index contributed by atoms with van der Waals surface area (Å²) in [5.41, 5.74) is 0.567. The van der Waals surface area contributed by atoms with E-state index in [1.807, 2.05) is 0 Å². The fourth-order valence-corrected chi connectivity index (χ4v) is 4.31. The number of aliphatic hydroxyl groups excluding tert-OH is 2. The zero-order valence-electron chi connectivity index (χ0n) is 16.4. The van der Waals surface area contributed by atoms with E-state index in [4.69, 9.17) is 16.3 Å². The van der Waals surface area contributed by atoms with Crippen LogP contribution in [0.1, 0.15) is 30.9 Å². The van der Waals surface area contributed by atoms with Crippen LogP contribution in [0.2, 0.25) is 5.02 Å². The van der Waals surface area contributed by atoms with Gasteiger partial charge >= 0.3 is 6.36 Å². The molecule has 3 N–H and O–H groups in total. The molecule has 0 radical (unpaired) electrons. The van der Waals surface area contributed by atoms with Gasteiger partial charge in [-0.05, 0) is 30.3 Å². The third-order valence-electron chi connectivity index (χ3n) is 5.68. The van der Waals surface area contributed by atoms with Gasteiger partial charge in [0, 0.05) is 43.6 Å². The van der Waals surface area contributed by atoms with Crippen LogP contribution >= 0.6 is 11.6 Å². The number of aliphatic hydroxyl groups is 2. The summed E-state index contributed by atoms with van der Waals surface area (Å²) in [5, 5.41) is 24.4. The molecule has 1 spiro atoms. The standard InChI is InChI=1S/C21H22ClF3N2O4/c22-16-3-1-2-15-17(28)12-20(31-18(15)16)8-10-27(11-9-20)19(29)26-13-4-6-14(7-5-13)30-21(23,24)25/h1-7,17,19,26,28-29H,8-12H2. The van der Waals surface area contributed by atoms with Gasteiger partial charge in [0.2, 0.25) is 0 Å². The number of fused-ring (bicyclic) bond motifs is 1. The number of hydrogen-bond donors (Lipinski definition) is 3. The van der Waals surface area contributed by atoms with Crippen molar-refractivity contribution in [1.29, 1.82) is 0 Å². The third-order valence-corrected chi connectivity index (χ3v) is 5.98. The molecular weight excluding hydrogens is 437 g/mol. The lowest BCUT2D eigenvalue weighted by Gasteiger charge is -2.46. The highest BCUT2D eigenvalue weighted by Crippen LogP contribution is 2.47. The molecule has 0 bridgehead atoms. The Hall–Kier alpha value is -2.20. The monoisotopic (exact) mass is 458 g/mol. The zero-order valence-corrected chi connectivity index (χ0v) is 17.2. The first-order valence-corrected chi connectivity index (χ1v) is 10.2. The van der Waals surface area contributed by atoms with E-state index in [2.05, 4.69) is 10.1 Å². The summed E-state index contributed by atoms with van der Waals surface area (Å²) >= 11 is 6.26. The topological polar surface area (TPSA) is 74.2 Å². The first-order chi connectivity index (χ1) is 14.6. The number of rotatable bonds is 4. The van der Waals surface area contributed by atoms with E-state index >= 15 is 0 Å². The molecule has 0 aliphatic carbocycles. The predicted molar refractivity (Wildman–Crippen MR) is 108 cm³/mol. The van der Waals surface area contributed by atoms with Gasteiger partial charge in [0.05, 0.1) is 11.1 Å². The van der Waals surface area contributed by atoms with Gasteiger partial charge in [0.15, 0.2) is 6.35 Å². The van der Waals surface area contributed by atoms with E-state index < -0.39 is 24.4 Å². The van der Waals surface area contributed by atoms with Crippen molar-refractivity contribution in [3.63, 3.8) is 0 Å². The molecule has 2 atom stereocenters. The second kappa shape index (κ2) is 8.38. The molecule has 0 amide bonds. The van der Waals surface area contributed by atoms with Crippen molar-refractivity contribution in [2.45, 2.75) is 43.7 Å². The van der Waals surface area contributed by atoms with Crippen molar-refractivity contribution >= 4 is 17.3 Å². The van der Waals surface area contributed by atoms with E-state index in [9.17, 15) is 23.4 Å². The number of nitrogens with one attached hydrogen (secondary N) is 1. The summed E-state index contributed by atoms with van der Waals surface area (Å²) in [5.74, 6) is 0.176. The van der Waals surface area contributed by atoms with Crippen molar-refractivity contribution in [1.82, 2.24) is 4.90 Å². The van der Waals surface area contributed by atoms with Crippen LogP contribution in [0, 0.1) is 0 Å². The van der Waals surface area contributed by atoms with Gasteiger partial charge < -0.3 is 25.0 Å². The summed E-state index contributed by atoms with van der Waals surface area (Å²) in [6.07, 6.45) is -4.86. The fourth-order valence-electron chi connectivity index (χ4n) is 4.09. The van der Waals surface area contributed by atoms with Crippen LogP contribution in [-0.4, -0.2) is 46.5 Å². The number of anilines is 1. The normalized spacial score (nSPS) is 21.8. The van der Waals surface area contributed by atoms with E-state index in [0.717, 1.165) is 0 Å². The Kier molecular flexibility index (Phi) is 5.95. The molecule has 2 aliphatic heterocycles. The molecule has 2 aromatic rings. The van der Waals surface area contributed by atoms with E-state index in [0.29, 0.717) is 54.4 Å². The van der Waals surface area contributed by atoms with E-state index in [-0.39, 0.29) is 5.75 Å². The maximum Gasteiger partial charge on any atom is 0.573 e. The van der Waals surface area contributed by atoms with Crippen molar-refractivity contribution in [3.05, 3.63) is 53.1 Å². The highest BCUT2D eigenvalue weighted by atomic mass is 35.5. The lowest BCUT2D eigenvalue weighted by molar-refractivity contribution is -0.274. The van der Waals surface area contributed by atoms with E-state index in [1.165, 1.54) is 24.3 Å². The Morgan fingerprint density at radius 2 is 1.84 bits per heavy atom. The molecule has 6 nitrogen and oxygen atoms in total. The molecular formula is C21H22ClF3N2O4. The van der Waals surface area contributed by atoms with Crippen LogP contribution in [0.4, 0.5) is 18.9 Å². The molecule has 2 heterocycles. The molecule has 2 aromatic carbocycles. The van der Waals surface area contributed by atoms with Crippen LogP contribution in [0.25, 0.3) is 0 Å². The smallest absolute Gasteiger partial charge is 0.485 e. The van der Waals surface area contributed by atoms with Crippen molar-refractivity contribution in [3.8, 4) is 11.5 Å². The number of nitrogens with zero attached hydrogens (tertiary/aromatic N) is 1. The highest BCUT2D eigenvalue weighted by Gasteiger charge is 2.44. The van der Waals surface area contributed by atoms with Crippen LogP contribution in [0.3, 0.4) is 0 Å². The minimum absolute atomic E-state index is 0.334. The summed E-state index contributed by atoms with van der Waals surface area (Å²) in [6.45, 7) is 0.992. The SMILES string of the molecule is OC1CC2(CCN(C(O)Nc3ccc(OC(F)(F)F)cc3)CC2)Oc2c(Cl)cccc21. The summed E-state index contributed by atoms with van der Waals surface area (Å²) < 4.78 is 46.8. The lowest BCUT2D eigenvalue weighted by Crippen LogP contribution is -2.54. The Balaban J connectivity index is 1.35. The highest BCUT2D eigenvalue weighted by molar-refractivity contribution is 6.32. The first kappa shape index (κ1) is 22.0. The Morgan fingerprint density at radius 1 is 1.16 bits per heavy atom. The largest absolute Gasteiger partial charge is 0.573 e. The first-order valence-electron chi connectivity index (χ1n) is 9.84. The molecule has 2 aliphatic rings. The number of benzene rings is 2. The van der Waals surface area contributed by atoms with Gasteiger partial charge in [-0.2, -0.15) is 0 Å². The lowest BCUT2D eigenvalue weighted by atomic mass is 9.81. The molecule has 0 saturated carbocycles. The van der Waals surface area contributed by atoms with Crippen molar-refractivity contribution < 1.29 is 32.9 Å². The van der Waals surface area contributed by atoms with Crippen LogP contribution in [-0.2, 0) is 0 Å². The Labute approximate surface area is 182 Å². The minimum atomic E-state index is -4.75. The molecule has 1 fully saturated rings. The van der Waals surface area contributed by atoms with Gasteiger partial charge in [0.25, 0.3) is 0 Å². The summed E-state index contributed by atoms with van der Waals surface area (Å²) in [4.78, 5) is 1.79. The van der Waals surface area contributed by atoms with Crippen LogP contribution in [0.5, 0.6) is 11.5 Å². The average molecular weight is 459 g/mol. The molecule has 10 heteroatoms. The molecule has 31 heavy (non-hydrogen) atoms. The third kappa shape index (κ3) is 5.01. The molecule has 4 rings (SSSR count). The number of halogens is 4. The van der Waals surface area contributed by atoms with Gasteiger partial charge in [-0.1, -0.05) is 23.7 Å². The Morgan fingerprint density at radius 3 is 2.48 bits per heavy atom. The molecule has 168 valence electrons. The van der Waals surface area contributed by atoms with Crippen LogP contribution < -0.4 is 14.8 Å². The minimum Gasteiger partial charge on any atom is -0.485 e. The number of piperidine rings is 1. The maximum absolute atomic E-state index is 12.3. The summed E-state index contributed by atoms with van der Waals surface area (Å²) in [6, 6.07) is 10.4. The van der Waals surface area contributed by atoms with Crippen molar-refractivity contribution in [2.75, 3.05) is 18.4 Å². The second-order valence-corrected chi connectivity index (χ2v) is 8.20. The summed E-state index contributed by atoms with van der Waals surface area (Å²) in [7, 11) is 0. The van der Waals surface area contributed by atoms with Gasteiger partial charge in [-0.25, -0.2) is 0 Å². The zero-order chi connectivity index (χ0) is 22.2. The van der Waals surface area contributed by atoms with Crippen LogP contribution in [0.15, 0.2) is 42.5 Å². The molecule has 1 saturated heterocycles. The number of alkyl halides is 3. The Bertz CT molecular complexity index is 918. The van der Waals surface area contributed by atoms with Gasteiger partial charge in [-0.15, -0.1) is 13.2 Å². The fraction of sp³-hybridized carbons (Fsp3) is 0.429. The number of para-hydroxylation sites is 1. The second-order valence-electron chi connectivity index (χ2n) is 7.79. The predicted octanol–water partition coefficient (Wildman–Crippen LogP) is 4.28. The molecule has 2 unspecified atom stereocenters. The average Bonchev–Trinajstić information content (AvgIpc) is 2.70. The van der Waals surface area contributed by atoms with Gasteiger partial charge in [0.1, 0.15) is 17.1 Å². The number of likely N-dealkylation sites (tertiary alicyclic amines) is 1. The molecule has 0 aromatic heterocycles. The van der Waals surface area contributed by atoms with E-state index in [1.54, 1.807) is 23.1 Å².